The van der Waals surface area contributed by atoms with Crippen LogP contribution >= 0.6 is 11.5 Å². The lowest BCUT2D eigenvalue weighted by molar-refractivity contribution is -0.127. The van der Waals surface area contributed by atoms with E-state index in [0.717, 1.165) is 49.5 Å². The Balaban J connectivity index is 1.98. The Kier molecular flexibility index (Phi) is 6.98. The zero-order chi connectivity index (χ0) is 18.4. The third kappa shape index (κ3) is 5.55. The first-order valence-electron chi connectivity index (χ1n) is 8.74. The van der Waals surface area contributed by atoms with Gasteiger partial charge < -0.3 is 20.0 Å². The van der Waals surface area contributed by atoms with Gasteiger partial charge in [-0.05, 0) is 13.8 Å². The van der Waals surface area contributed by atoms with Gasteiger partial charge >= 0.3 is 0 Å². The van der Waals surface area contributed by atoms with E-state index in [4.69, 9.17) is 0 Å². The van der Waals surface area contributed by atoms with Crippen LogP contribution in [0.2, 0.25) is 0 Å². The molecule has 2 rings (SSSR count). The Bertz CT molecular complexity index is 591. The number of guanidine groups is 1. The fraction of sp³-hybridized carbons (Fsp3) is 0.750. The van der Waals surface area contributed by atoms with Gasteiger partial charge in [-0.3, -0.25) is 4.79 Å². The maximum Gasteiger partial charge on any atom is 0.243 e. The molecule has 8 nitrogen and oxygen atoms in total. The number of aliphatic imine (C=N–C) groups is 1. The normalized spacial score (nSPS) is 15.7. The molecule has 1 aromatic rings. The maximum absolute atomic E-state index is 11.8. The molecule has 25 heavy (non-hydrogen) atoms. The second-order valence-corrected chi connectivity index (χ2v) is 7.28. The maximum atomic E-state index is 11.8. The quantitative estimate of drug-likeness (QED) is 0.609. The molecule has 1 saturated heterocycles. The number of anilines is 1. The van der Waals surface area contributed by atoms with Gasteiger partial charge in [0.1, 0.15) is 12.4 Å². The molecule has 1 aliphatic heterocycles. The monoisotopic (exact) mass is 367 g/mol. The highest BCUT2D eigenvalue weighted by Gasteiger charge is 2.22. The molecule has 0 atom stereocenters. The molecule has 1 fully saturated rings. The number of rotatable bonds is 5. The topological polar surface area (TPSA) is 77.0 Å². The minimum atomic E-state index is 0.00245. The molecular formula is C16H29N7OS. The van der Waals surface area contributed by atoms with Crippen LogP contribution in [0, 0.1) is 0 Å². The lowest BCUT2D eigenvalue weighted by Gasteiger charge is -2.36. The highest BCUT2D eigenvalue weighted by Crippen LogP contribution is 2.19. The number of hydrogen-bond acceptors (Lipinski definition) is 6. The van der Waals surface area contributed by atoms with Crippen molar-refractivity contribution in [3.63, 3.8) is 0 Å². The van der Waals surface area contributed by atoms with Crippen molar-refractivity contribution in [1.29, 1.82) is 0 Å². The molecule has 1 amide bonds. The molecule has 0 unspecified atom stereocenters. The minimum Gasteiger partial charge on any atom is -0.354 e. The predicted octanol–water partition coefficient (Wildman–Crippen LogP) is 0.665. The van der Waals surface area contributed by atoms with Gasteiger partial charge in [0.25, 0.3) is 0 Å². The number of piperazine rings is 1. The average Bonchev–Trinajstić information content (AvgIpc) is 3.07. The average molecular weight is 368 g/mol. The van der Waals surface area contributed by atoms with E-state index in [9.17, 15) is 4.79 Å². The third-order valence-electron chi connectivity index (χ3n) is 3.90. The molecule has 140 valence electrons. The third-order valence-corrected chi connectivity index (χ3v) is 4.72. The van der Waals surface area contributed by atoms with Crippen LogP contribution in [0.4, 0.5) is 5.13 Å². The molecule has 0 aliphatic carbocycles. The summed E-state index contributed by atoms with van der Waals surface area (Å²) in [5, 5.41) is 4.37. The molecule has 1 N–H and O–H groups in total. The van der Waals surface area contributed by atoms with Crippen molar-refractivity contribution in [2.75, 3.05) is 51.7 Å². The highest BCUT2D eigenvalue weighted by atomic mass is 32.1. The summed E-state index contributed by atoms with van der Waals surface area (Å²) in [7, 11) is 3.50. The fourth-order valence-corrected chi connectivity index (χ4v) is 3.21. The molecule has 0 aromatic carbocycles. The first kappa shape index (κ1) is 19.4. The van der Waals surface area contributed by atoms with Crippen LogP contribution in [0.3, 0.4) is 0 Å². The van der Waals surface area contributed by atoms with E-state index in [-0.39, 0.29) is 18.5 Å². The summed E-state index contributed by atoms with van der Waals surface area (Å²) in [5.41, 5.74) is 0. The first-order valence-corrected chi connectivity index (χ1v) is 9.51. The van der Waals surface area contributed by atoms with Crippen LogP contribution in [0.15, 0.2) is 4.99 Å². The number of aromatic nitrogens is 2. The van der Waals surface area contributed by atoms with E-state index < -0.39 is 0 Å². The van der Waals surface area contributed by atoms with Gasteiger partial charge in [-0.25, -0.2) is 9.98 Å². The Hall–Kier alpha value is -1.90. The largest absolute Gasteiger partial charge is 0.354 e. The Morgan fingerprint density at radius 2 is 2.00 bits per heavy atom. The van der Waals surface area contributed by atoms with Crippen molar-refractivity contribution in [3.05, 3.63) is 5.82 Å². The van der Waals surface area contributed by atoms with Crippen molar-refractivity contribution < 1.29 is 4.79 Å². The summed E-state index contributed by atoms with van der Waals surface area (Å²) in [6.45, 7) is 9.82. The van der Waals surface area contributed by atoms with Crippen LogP contribution in [0.1, 0.15) is 26.6 Å². The summed E-state index contributed by atoms with van der Waals surface area (Å²) in [6.07, 6.45) is 0.867. The summed E-state index contributed by atoms with van der Waals surface area (Å²) in [6, 6.07) is 0.265. The molecular weight excluding hydrogens is 338 g/mol. The zero-order valence-corrected chi connectivity index (χ0v) is 16.6. The van der Waals surface area contributed by atoms with Crippen molar-refractivity contribution in [2.24, 2.45) is 4.99 Å². The predicted molar refractivity (Wildman–Crippen MR) is 102 cm³/mol. The smallest absolute Gasteiger partial charge is 0.243 e. The second-order valence-electron chi connectivity index (χ2n) is 6.55. The molecule has 0 saturated carbocycles. The lowest BCUT2D eigenvalue weighted by atomic mass is 10.3. The number of hydrogen-bond donors (Lipinski definition) is 1. The van der Waals surface area contributed by atoms with E-state index >= 15 is 0 Å². The van der Waals surface area contributed by atoms with Crippen LogP contribution in [0.25, 0.3) is 0 Å². The van der Waals surface area contributed by atoms with Gasteiger partial charge in [-0.15, -0.1) is 0 Å². The van der Waals surface area contributed by atoms with Crippen LogP contribution in [-0.2, 0) is 11.2 Å². The summed E-state index contributed by atoms with van der Waals surface area (Å²) < 4.78 is 4.37. The summed E-state index contributed by atoms with van der Waals surface area (Å²) in [4.78, 5) is 27.0. The molecule has 1 aliphatic rings. The van der Waals surface area contributed by atoms with Gasteiger partial charge in [-0.1, -0.05) is 6.92 Å². The van der Waals surface area contributed by atoms with Crippen LogP contribution < -0.4 is 10.2 Å². The number of likely N-dealkylation sites (N-methyl/N-ethyl adjacent to an activating group) is 1. The molecule has 0 bridgehead atoms. The second kappa shape index (κ2) is 8.98. The Morgan fingerprint density at radius 1 is 1.32 bits per heavy atom. The minimum absolute atomic E-state index is 0.00245. The van der Waals surface area contributed by atoms with Gasteiger partial charge in [0.2, 0.25) is 11.0 Å². The van der Waals surface area contributed by atoms with E-state index in [1.165, 1.54) is 11.5 Å². The lowest BCUT2D eigenvalue weighted by Crippen LogP contribution is -2.54. The van der Waals surface area contributed by atoms with Gasteiger partial charge in [0, 0.05) is 64.3 Å². The number of amides is 1. The Morgan fingerprint density at radius 3 is 2.52 bits per heavy atom. The number of nitrogens with zero attached hydrogens (tertiary/aromatic N) is 6. The van der Waals surface area contributed by atoms with Gasteiger partial charge in [0.15, 0.2) is 5.96 Å². The van der Waals surface area contributed by atoms with Gasteiger partial charge in [-0.2, -0.15) is 4.37 Å². The molecule has 0 radical (unpaired) electrons. The molecule has 1 aromatic heterocycles. The van der Waals surface area contributed by atoms with Crippen molar-refractivity contribution >= 4 is 28.5 Å². The number of nitrogens with one attached hydrogen (secondary N) is 1. The SMILES string of the molecule is CCc1nsc(N2CCN(C(=NCC(=O)N(C)C)NC(C)C)CC2)n1. The van der Waals surface area contributed by atoms with Crippen molar-refractivity contribution in [3.8, 4) is 0 Å². The standard InChI is InChI=1S/C16H29N7OS/c1-6-13-19-16(25-20-13)23-9-7-22(8-10-23)15(18-12(2)3)17-11-14(24)21(4)5/h12H,6-11H2,1-5H3,(H,17,18). The van der Waals surface area contributed by atoms with Crippen molar-refractivity contribution in [2.45, 2.75) is 33.2 Å². The van der Waals surface area contributed by atoms with E-state index in [0.29, 0.717) is 0 Å². The zero-order valence-electron chi connectivity index (χ0n) is 15.8. The fourth-order valence-electron chi connectivity index (χ4n) is 2.41. The van der Waals surface area contributed by atoms with Gasteiger partial charge in [0.05, 0.1) is 0 Å². The number of aryl methyl sites for hydroxylation is 1. The molecule has 0 spiro atoms. The molecule has 9 heteroatoms. The van der Waals surface area contributed by atoms with Crippen LogP contribution in [0.5, 0.6) is 0 Å². The summed E-state index contributed by atoms with van der Waals surface area (Å²) >= 11 is 1.47. The van der Waals surface area contributed by atoms with E-state index in [1.54, 1.807) is 19.0 Å². The molecule has 2 heterocycles. The first-order chi connectivity index (χ1) is 11.9. The van der Waals surface area contributed by atoms with E-state index in [1.807, 2.05) is 0 Å². The Labute approximate surface area is 154 Å². The number of carbonyl (C=O) groups excluding carboxylic acids is 1. The van der Waals surface area contributed by atoms with Crippen LogP contribution in [-0.4, -0.2) is 83.9 Å². The number of carbonyl (C=O) groups is 1. The van der Waals surface area contributed by atoms with E-state index in [2.05, 4.69) is 50.2 Å². The summed E-state index contributed by atoms with van der Waals surface area (Å²) in [5.74, 6) is 1.72. The highest BCUT2D eigenvalue weighted by molar-refractivity contribution is 7.09. The van der Waals surface area contributed by atoms with Crippen molar-refractivity contribution in [1.82, 2.24) is 24.5 Å².